The molecule has 0 radical (unpaired) electrons. The Kier molecular flexibility index (Phi) is 5.45. The molecule has 0 aliphatic carbocycles. The summed E-state index contributed by atoms with van der Waals surface area (Å²) in [6.07, 6.45) is -0.453. The van der Waals surface area contributed by atoms with Crippen molar-refractivity contribution < 1.29 is 28.6 Å². The fourth-order valence-electron chi connectivity index (χ4n) is 0.558. The Morgan fingerprint density at radius 2 is 2.00 bits per heavy atom. The van der Waals surface area contributed by atoms with Crippen LogP contribution in [0.4, 0.5) is 0 Å². The summed E-state index contributed by atoms with van der Waals surface area (Å²) in [6, 6.07) is 0. The van der Waals surface area contributed by atoms with Gasteiger partial charge >= 0.3 is 13.6 Å². The molecular weight excluding hydrogens is 211 g/mol. The van der Waals surface area contributed by atoms with Crippen LogP contribution in [0.3, 0.4) is 0 Å². The van der Waals surface area contributed by atoms with E-state index in [4.69, 9.17) is 9.79 Å². The monoisotopic (exact) mass is 224 g/mol. The van der Waals surface area contributed by atoms with Crippen molar-refractivity contribution in [3.05, 3.63) is 12.3 Å². The summed E-state index contributed by atoms with van der Waals surface area (Å²) >= 11 is 0. The van der Waals surface area contributed by atoms with Crippen LogP contribution < -0.4 is 0 Å². The highest BCUT2D eigenvalue weighted by Crippen LogP contribution is 2.33. The third-order valence-electron chi connectivity index (χ3n) is 1.16. The van der Waals surface area contributed by atoms with Gasteiger partial charge in [-0.15, -0.1) is 0 Å². The molecule has 7 heteroatoms. The smallest absolute Gasteiger partial charge is 0.372 e. The van der Waals surface area contributed by atoms with Gasteiger partial charge in [0.2, 0.25) is 0 Å². The molecule has 14 heavy (non-hydrogen) atoms. The molecule has 0 aromatic carbocycles. The molecule has 0 fully saturated rings. The van der Waals surface area contributed by atoms with E-state index in [-0.39, 0.29) is 19.0 Å². The number of hydrogen-bond acceptors (Lipinski definition) is 4. The van der Waals surface area contributed by atoms with Gasteiger partial charge in [0, 0.05) is 0 Å². The molecule has 0 saturated heterocycles. The lowest BCUT2D eigenvalue weighted by Crippen LogP contribution is -2.11. The molecule has 0 aliphatic heterocycles. The molecule has 0 aromatic rings. The molecule has 0 atom stereocenters. The van der Waals surface area contributed by atoms with Gasteiger partial charge in [-0.2, -0.15) is 0 Å². The van der Waals surface area contributed by atoms with Gasteiger partial charge in [0.05, 0.1) is 19.4 Å². The second kappa shape index (κ2) is 5.80. The van der Waals surface area contributed by atoms with Gasteiger partial charge in [-0.25, -0.2) is 4.79 Å². The van der Waals surface area contributed by atoms with E-state index in [0.717, 1.165) is 0 Å². The number of carbonyl (C=O) groups is 1. The molecule has 0 spiro atoms. The zero-order valence-electron chi connectivity index (χ0n) is 7.80. The molecule has 0 unspecified atom stereocenters. The Hall–Kier alpha value is -0.840. The van der Waals surface area contributed by atoms with Gasteiger partial charge in [0.1, 0.15) is 0 Å². The van der Waals surface area contributed by atoms with E-state index in [2.05, 4.69) is 16.1 Å². The van der Waals surface area contributed by atoms with E-state index in [1.807, 2.05) is 0 Å². The molecule has 6 nitrogen and oxygen atoms in total. The van der Waals surface area contributed by atoms with Crippen molar-refractivity contribution in [3.8, 4) is 0 Å². The van der Waals surface area contributed by atoms with Crippen LogP contribution in [0.2, 0.25) is 0 Å². The highest BCUT2D eigenvalue weighted by Gasteiger charge is 2.15. The number of hydrogen-bond donors (Lipinski definition) is 2. The summed E-state index contributed by atoms with van der Waals surface area (Å²) < 4.78 is 19.6. The highest BCUT2D eigenvalue weighted by molar-refractivity contribution is 7.51. The molecule has 2 N–H and O–H groups in total. The quantitative estimate of drug-likeness (QED) is 0.291. The predicted octanol–water partition coefficient (Wildman–Crippen LogP) is 0.257. The Bertz CT molecular complexity index is 255. The van der Waals surface area contributed by atoms with Gasteiger partial charge < -0.3 is 19.3 Å². The summed E-state index contributed by atoms with van der Waals surface area (Å²) in [4.78, 5) is 27.8. The summed E-state index contributed by atoms with van der Waals surface area (Å²) in [5, 5.41) is 0. The molecule has 82 valence electrons. The van der Waals surface area contributed by atoms with Crippen molar-refractivity contribution >= 4 is 13.6 Å². The first-order valence-corrected chi connectivity index (χ1v) is 5.70. The maximum atomic E-state index is 10.9. The Labute approximate surface area is 81.7 Å². The van der Waals surface area contributed by atoms with E-state index >= 15 is 0 Å². The number of ether oxygens (including phenoxy) is 2. The summed E-state index contributed by atoms with van der Waals surface area (Å²) in [7, 11) is -4.09. The zero-order valence-corrected chi connectivity index (χ0v) is 8.70. The molecule has 0 saturated carbocycles. The van der Waals surface area contributed by atoms with E-state index in [1.165, 1.54) is 0 Å². The molecule has 0 bridgehead atoms. The van der Waals surface area contributed by atoms with Crippen LogP contribution in [0.25, 0.3) is 0 Å². The first-order chi connectivity index (χ1) is 6.37. The first-order valence-electron chi connectivity index (χ1n) is 3.90. The maximum absolute atomic E-state index is 10.9. The Morgan fingerprint density at radius 3 is 2.43 bits per heavy atom. The van der Waals surface area contributed by atoms with E-state index < -0.39 is 19.7 Å². The zero-order chi connectivity index (χ0) is 11.2. The third-order valence-corrected chi connectivity index (χ3v) is 1.93. The topological polar surface area (TPSA) is 93.1 Å². The molecule has 0 rings (SSSR count). The van der Waals surface area contributed by atoms with Crippen LogP contribution >= 0.6 is 7.60 Å². The second-order valence-corrected chi connectivity index (χ2v) is 4.16. The van der Waals surface area contributed by atoms with Crippen LogP contribution in [-0.2, 0) is 18.8 Å². The molecule has 0 heterocycles. The normalized spacial score (nSPS) is 10.8. The van der Waals surface area contributed by atoms with E-state index in [9.17, 15) is 9.36 Å². The summed E-state index contributed by atoms with van der Waals surface area (Å²) in [6.45, 7) is 4.80. The van der Waals surface area contributed by atoms with Crippen LogP contribution in [0.15, 0.2) is 12.3 Å². The van der Waals surface area contributed by atoms with Gasteiger partial charge in [-0.05, 0) is 13.5 Å². The number of carbonyl (C=O) groups excluding carboxylic acids is 1. The van der Waals surface area contributed by atoms with Crippen LogP contribution in [0, 0.1) is 0 Å². The van der Waals surface area contributed by atoms with Gasteiger partial charge in [0.15, 0.2) is 5.76 Å². The van der Waals surface area contributed by atoms with Crippen LogP contribution in [0.5, 0.6) is 0 Å². The van der Waals surface area contributed by atoms with Crippen LogP contribution in [-0.4, -0.2) is 35.1 Å². The highest BCUT2D eigenvalue weighted by atomic mass is 31.2. The van der Waals surface area contributed by atoms with E-state index in [1.54, 1.807) is 6.92 Å². The average molecular weight is 224 g/mol. The lowest BCUT2D eigenvalue weighted by molar-refractivity contribution is -0.142. The lowest BCUT2D eigenvalue weighted by atomic mass is 10.5. The minimum absolute atomic E-state index is 0.194. The van der Waals surface area contributed by atoms with Crippen molar-refractivity contribution in [2.75, 3.05) is 19.4 Å². The summed E-state index contributed by atoms with van der Waals surface area (Å²) in [5.74, 6) is -0.974. The van der Waals surface area contributed by atoms with Crippen molar-refractivity contribution in [2.45, 2.75) is 6.92 Å². The largest absolute Gasteiger partial charge is 0.486 e. The molecule has 0 aromatic heterocycles. The Balaban J connectivity index is 3.75. The minimum atomic E-state index is -4.09. The van der Waals surface area contributed by atoms with Crippen molar-refractivity contribution in [1.29, 1.82) is 0 Å². The van der Waals surface area contributed by atoms with E-state index in [0.29, 0.717) is 0 Å². The standard InChI is InChI=1S/C7H13O6P/c1-3-12-7(8)6(2)13-4-5-14(9,10)11/h2-5H2,1H3,(H2,9,10,11). The maximum Gasteiger partial charge on any atom is 0.372 e. The lowest BCUT2D eigenvalue weighted by Gasteiger charge is -2.08. The summed E-state index contributed by atoms with van der Waals surface area (Å²) in [5.41, 5.74) is 0. The number of rotatable bonds is 6. The predicted molar refractivity (Wildman–Crippen MR) is 48.6 cm³/mol. The van der Waals surface area contributed by atoms with Gasteiger partial charge in [-0.3, -0.25) is 4.57 Å². The van der Waals surface area contributed by atoms with Gasteiger partial charge in [-0.1, -0.05) is 0 Å². The first kappa shape index (κ1) is 13.2. The Morgan fingerprint density at radius 1 is 1.43 bits per heavy atom. The second-order valence-electron chi connectivity index (χ2n) is 2.38. The van der Waals surface area contributed by atoms with Crippen molar-refractivity contribution in [2.24, 2.45) is 0 Å². The SMILES string of the molecule is C=C(OCCP(=O)(O)O)C(=O)OCC. The third kappa shape index (κ3) is 6.65. The number of esters is 1. The molecular formula is C7H13O6P. The van der Waals surface area contributed by atoms with Crippen molar-refractivity contribution in [1.82, 2.24) is 0 Å². The molecule has 0 amide bonds. The van der Waals surface area contributed by atoms with Gasteiger partial charge in [0.25, 0.3) is 0 Å². The average Bonchev–Trinajstić information content (AvgIpc) is 2.02. The van der Waals surface area contributed by atoms with Crippen LogP contribution in [0.1, 0.15) is 6.92 Å². The molecule has 0 aliphatic rings. The fraction of sp³-hybridized carbons (Fsp3) is 0.571. The van der Waals surface area contributed by atoms with Crippen molar-refractivity contribution in [3.63, 3.8) is 0 Å². The minimum Gasteiger partial charge on any atom is -0.486 e. The fourth-order valence-corrected chi connectivity index (χ4v) is 0.887.